The lowest BCUT2D eigenvalue weighted by Crippen LogP contribution is -2.04. The van der Waals surface area contributed by atoms with Gasteiger partial charge in [0.25, 0.3) is 0 Å². The van der Waals surface area contributed by atoms with Gasteiger partial charge in [0.2, 0.25) is 0 Å². The van der Waals surface area contributed by atoms with E-state index in [2.05, 4.69) is 255 Å². The van der Waals surface area contributed by atoms with Crippen molar-refractivity contribution in [3.8, 4) is 5.75 Å². The highest BCUT2D eigenvalue weighted by molar-refractivity contribution is 7.97. The largest absolute Gasteiger partial charge is 0.497 e. The van der Waals surface area contributed by atoms with Crippen molar-refractivity contribution in [2.24, 2.45) is 0 Å². The van der Waals surface area contributed by atoms with Crippen molar-refractivity contribution in [1.82, 2.24) is 0 Å². The molecule has 0 fully saturated rings. The maximum atomic E-state index is 5.26. The second kappa shape index (κ2) is 26.2. The van der Waals surface area contributed by atoms with Gasteiger partial charge in [-0.15, -0.1) is 0 Å². The lowest BCUT2D eigenvalue weighted by Gasteiger charge is -2.08. The summed E-state index contributed by atoms with van der Waals surface area (Å²) in [5, 5.41) is 0. The standard InChI is InChI=1S/C19H17OS.2C18H15S.3CH4/c1-20-16-12-14-19(15-13-16)21(17-8-4-2-5-9-17)18-10-6-3-7-11-18;2*1-4-10-16(11-5-1)19(17-12-6-2-7-13-17)18-14-8-3-9-15-18;;;/h2-15H,1H3;2*1-15H;3*1H4/q3*+1;;;. The summed E-state index contributed by atoms with van der Waals surface area (Å²) in [6.07, 6.45) is 0. The summed E-state index contributed by atoms with van der Waals surface area (Å²) in [6, 6.07) is 94.0. The van der Waals surface area contributed by atoms with Gasteiger partial charge >= 0.3 is 0 Å². The van der Waals surface area contributed by atoms with Gasteiger partial charge < -0.3 is 4.74 Å². The first-order valence-corrected chi connectivity index (χ1v) is 23.2. The zero-order valence-corrected chi connectivity index (χ0v) is 35.5. The molecule has 9 aromatic carbocycles. The van der Waals surface area contributed by atoms with E-state index in [9.17, 15) is 0 Å². The Hall–Kier alpha value is -6.17. The Bertz CT molecular complexity index is 2140. The Kier molecular flexibility index (Phi) is 20.5. The molecule has 1 nitrogen and oxygen atoms in total. The molecule has 4 heteroatoms. The van der Waals surface area contributed by atoms with Crippen LogP contribution in [0.3, 0.4) is 0 Å². The van der Waals surface area contributed by atoms with Gasteiger partial charge in [0.05, 0.1) is 39.8 Å². The summed E-state index contributed by atoms with van der Waals surface area (Å²) in [5.74, 6) is 0.892. The van der Waals surface area contributed by atoms with Crippen LogP contribution in [0, 0.1) is 0 Å². The third-order valence-electron chi connectivity index (χ3n) is 9.13. The fourth-order valence-corrected chi connectivity index (χ4v) is 12.7. The van der Waals surface area contributed by atoms with Crippen molar-refractivity contribution in [2.45, 2.75) is 66.3 Å². The fourth-order valence-electron chi connectivity index (χ4n) is 6.39. The van der Waals surface area contributed by atoms with Crippen LogP contribution >= 0.6 is 0 Å². The predicted molar refractivity (Wildman–Crippen MR) is 271 cm³/mol. The molecule has 0 bridgehead atoms. The molecule has 9 rings (SSSR count). The highest BCUT2D eigenvalue weighted by Gasteiger charge is 2.30. The maximum Gasteiger partial charge on any atom is 0.166 e. The first-order chi connectivity index (χ1) is 29.3. The SMILES string of the molecule is C.C.C.COc1ccc([S+](c2ccccc2)c2ccccc2)cc1.c1ccc([S+](c2ccccc2)c2ccccc2)cc1.c1ccc([S+](c2ccccc2)c2ccccc2)cc1. The second-order valence-corrected chi connectivity index (χ2v) is 19.2. The average Bonchev–Trinajstić information content (AvgIpc) is 3.33. The Balaban J connectivity index is 0.000000200. The normalized spacial score (nSPS) is 10.1. The number of ether oxygens (including phenoxy) is 1. The molecule has 0 unspecified atom stereocenters. The Morgan fingerprint density at radius 2 is 0.355 bits per heavy atom. The summed E-state index contributed by atoms with van der Waals surface area (Å²) in [4.78, 5) is 12.1. The lowest BCUT2D eigenvalue weighted by atomic mass is 10.3. The molecule has 0 aromatic heterocycles. The number of hydrogen-bond donors (Lipinski definition) is 0. The van der Waals surface area contributed by atoms with E-state index >= 15 is 0 Å². The fraction of sp³-hybridized carbons (Fsp3) is 0.0690. The van der Waals surface area contributed by atoms with E-state index in [1.165, 1.54) is 44.1 Å². The molecule has 0 saturated heterocycles. The van der Waals surface area contributed by atoms with Crippen molar-refractivity contribution in [2.75, 3.05) is 7.11 Å². The molecule has 9 aromatic rings. The van der Waals surface area contributed by atoms with Gasteiger partial charge in [-0.05, 0) is 121 Å². The first-order valence-electron chi connectivity index (χ1n) is 19.6. The minimum Gasteiger partial charge on any atom is -0.497 e. The molecule has 312 valence electrons. The lowest BCUT2D eigenvalue weighted by molar-refractivity contribution is 0.414. The molecule has 0 saturated carbocycles. The smallest absolute Gasteiger partial charge is 0.166 e. The van der Waals surface area contributed by atoms with E-state index in [-0.39, 0.29) is 55.0 Å². The molecule has 0 amide bonds. The van der Waals surface area contributed by atoms with Crippen molar-refractivity contribution >= 4 is 32.7 Å². The first kappa shape index (κ1) is 48.5. The topological polar surface area (TPSA) is 9.23 Å². The van der Waals surface area contributed by atoms with Gasteiger partial charge in [-0.25, -0.2) is 0 Å². The van der Waals surface area contributed by atoms with Crippen LogP contribution in [-0.4, -0.2) is 7.11 Å². The Morgan fingerprint density at radius 1 is 0.210 bits per heavy atom. The van der Waals surface area contributed by atoms with Crippen LogP contribution in [-0.2, 0) is 32.7 Å². The molecular weight excluding hydrogens is 809 g/mol. The van der Waals surface area contributed by atoms with Gasteiger partial charge in [-0.3, -0.25) is 0 Å². The van der Waals surface area contributed by atoms with Gasteiger partial charge in [0.1, 0.15) is 5.75 Å². The minimum atomic E-state index is -0.0804. The molecular formula is C58H59OS3+3. The van der Waals surface area contributed by atoms with E-state index in [4.69, 9.17) is 4.74 Å². The highest BCUT2D eigenvalue weighted by atomic mass is 32.2. The summed E-state index contributed by atoms with van der Waals surface area (Å²) in [5.41, 5.74) is 0. The molecule has 0 atom stereocenters. The summed E-state index contributed by atoms with van der Waals surface area (Å²) in [7, 11) is 1.59. The third kappa shape index (κ3) is 13.4. The van der Waals surface area contributed by atoms with Crippen LogP contribution in [0.4, 0.5) is 0 Å². The average molecular weight is 868 g/mol. The van der Waals surface area contributed by atoms with Gasteiger partial charge in [0.15, 0.2) is 44.1 Å². The zero-order chi connectivity index (χ0) is 40.3. The predicted octanol–water partition coefficient (Wildman–Crippen LogP) is 16.3. The number of hydrogen-bond acceptors (Lipinski definition) is 1. The number of methoxy groups -OCH3 is 1. The second-order valence-electron chi connectivity index (χ2n) is 13.1. The van der Waals surface area contributed by atoms with Crippen LogP contribution in [0.5, 0.6) is 5.75 Å². The van der Waals surface area contributed by atoms with Gasteiger partial charge in [-0.1, -0.05) is 168 Å². The van der Waals surface area contributed by atoms with E-state index in [0.29, 0.717) is 0 Å². The summed E-state index contributed by atoms with van der Waals surface area (Å²) in [6.45, 7) is 0. The van der Waals surface area contributed by atoms with Crippen LogP contribution in [0.1, 0.15) is 22.3 Å². The molecule has 62 heavy (non-hydrogen) atoms. The number of rotatable bonds is 10. The van der Waals surface area contributed by atoms with Crippen molar-refractivity contribution < 1.29 is 4.74 Å². The monoisotopic (exact) mass is 867 g/mol. The molecule has 0 spiro atoms. The van der Waals surface area contributed by atoms with Crippen LogP contribution < -0.4 is 4.74 Å². The third-order valence-corrected chi connectivity index (χ3v) is 15.8. The molecule has 0 radical (unpaired) electrons. The Labute approximate surface area is 381 Å². The summed E-state index contributed by atoms with van der Waals surface area (Å²) >= 11 is 0. The molecule has 0 aliphatic rings. The molecule has 0 N–H and O–H groups in total. The van der Waals surface area contributed by atoms with E-state index in [1.54, 1.807) is 7.11 Å². The van der Waals surface area contributed by atoms with E-state index in [0.717, 1.165) is 5.75 Å². The van der Waals surface area contributed by atoms with Crippen molar-refractivity contribution in [1.29, 1.82) is 0 Å². The van der Waals surface area contributed by atoms with Crippen LogP contribution in [0.25, 0.3) is 0 Å². The summed E-state index contributed by atoms with van der Waals surface area (Å²) < 4.78 is 5.26. The van der Waals surface area contributed by atoms with Crippen molar-refractivity contribution in [3.63, 3.8) is 0 Å². The molecule has 0 aliphatic heterocycles. The zero-order valence-electron chi connectivity index (χ0n) is 33.0. The quantitative estimate of drug-likeness (QED) is 0.124. The van der Waals surface area contributed by atoms with Crippen molar-refractivity contribution in [3.05, 3.63) is 267 Å². The number of benzene rings is 9. The molecule has 0 heterocycles. The van der Waals surface area contributed by atoms with Crippen LogP contribution in [0.15, 0.2) is 311 Å². The highest BCUT2D eigenvalue weighted by Crippen LogP contribution is 2.33. The van der Waals surface area contributed by atoms with E-state index in [1.807, 2.05) is 12.1 Å². The Morgan fingerprint density at radius 3 is 0.500 bits per heavy atom. The van der Waals surface area contributed by atoms with Gasteiger partial charge in [0, 0.05) is 0 Å². The van der Waals surface area contributed by atoms with Gasteiger partial charge in [-0.2, -0.15) is 0 Å². The maximum absolute atomic E-state index is 5.26. The minimum absolute atomic E-state index is 0. The molecule has 0 aliphatic carbocycles. The van der Waals surface area contributed by atoms with Crippen LogP contribution in [0.2, 0.25) is 0 Å². The van der Waals surface area contributed by atoms with E-state index < -0.39 is 0 Å².